The van der Waals surface area contributed by atoms with Gasteiger partial charge in [-0.3, -0.25) is 14.6 Å². The Balaban J connectivity index is 0. The highest BCUT2D eigenvalue weighted by molar-refractivity contribution is 5.85. The molecule has 0 aliphatic heterocycles. The van der Waals surface area contributed by atoms with Crippen molar-refractivity contribution in [1.29, 1.82) is 0 Å². The van der Waals surface area contributed by atoms with Gasteiger partial charge in [-0.2, -0.15) is 0 Å². The van der Waals surface area contributed by atoms with Gasteiger partial charge in [0.15, 0.2) is 0 Å². The first-order valence-electron chi connectivity index (χ1n) is 5.72. The average molecular weight is 324 g/mol. The largest absolute Gasteiger partial charge is 0.466 e. The summed E-state index contributed by atoms with van der Waals surface area (Å²) in [4.78, 5) is 26.8. The number of rotatable bonds is 6. The fourth-order valence-corrected chi connectivity index (χ4v) is 1.47. The van der Waals surface area contributed by atoms with Gasteiger partial charge in [-0.25, -0.2) is 0 Å². The van der Waals surface area contributed by atoms with Crippen molar-refractivity contribution in [2.45, 2.75) is 19.4 Å². The number of halogens is 2. The van der Waals surface area contributed by atoms with Crippen LogP contribution in [0.3, 0.4) is 0 Å². The number of nitrogens with one attached hydrogen (secondary N) is 1. The molecule has 6 nitrogen and oxygen atoms in total. The fraction of sp³-hybridized carbons (Fsp3) is 0.417. The topological polar surface area (TPSA) is 94.3 Å². The molecule has 3 N–H and O–H groups in total. The van der Waals surface area contributed by atoms with E-state index in [4.69, 9.17) is 10.5 Å². The number of esters is 1. The SMILES string of the molecule is CCOC(=O)C[C@H](NC(=O)CN)c1cccnc1.Cl.Cl. The minimum absolute atomic E-state index is 0. The third kappa shape index (κ3) is 7.28. The van der Waals surface area contributed by atoms with Crippen molar-refractivity contribution in [2.75, 3.05) is 13.2 Å². The van der Waals surface area contributed by atoms with Gasteiger partial charge in [-0.1, -0.05) is 6.07 Å². The molecule has 114 valence electrons. The zero-order valence-corrected chi connectivity index (χ0v) is 12.7. The van der Waals surface area contributed by atoms with Crippen molar-refractivity contribution in [3.05, 3.63) is 30.1 Å². The molecule has 0 radical (unpaired) electrons. The summed E-state index contributed by atoms with van der Waals surface area (Å²) in [6.07, 6.45) is 3.28. The van der Waals surface area contributed by atoms with Gasteiger partial charge in [0.1, 0.15) is 0 Å². The van der Waals surface area contributed by atoms with E-state index in [9.17, 15) is 9.59 Å². The maximum Gasteiger partial charge on any atom is 0.308 e. The maximum absolute atomic E-state index is 11.5. The molecule has 1 aromatic rings. The van der Waals surface area contributed by atoms with E-state index in [1.807, 2.05) is 0 Å². The Morgan fingerprint density at radius 3 is 2.65 bits per heavy atom. The standard InChI is InChI=1S/C12H17N3O3.2ClH/c1-2-18-12(17)6-10(15-11(16)7-13)9-4-3-5-14-8-9;;/h3-5,8,10H,2,6-7,13H2,1H3,(H,15,16);2*1H/t10-;;/m0../s1. The first-order valence-corrected chi connectivity index (χ1v) is 5.72. The van der Waals surface area contributed by atoms with Crippen LogP contribution in [0.2, 0.25) is 0 Å². The summed E-state index contributed by atoms with van der Waals surface area (Å²) < 4.78 is 4.87. The molecular formula is C12H19Cl2N3O3. The monoisotopic (exact) mass is 323 g/mol. The van der Waals surface area contributed by atoms with Gasteiger partial charge in [0, 0.05) is 12.4 Å². The minimum Gasteiger partial charge on any atom is -0.466 e. The molecule has 0 spiro atoms. The Morgan fingerprint density at radius 2 is 2.15 bits per heavy atom. The predicted octanol–water partition coefficient (Wildman–Crippen LogP) is 0.994. The minimum atomic E-state index is -0.464. The number of hydrogen-bond donors (Lipinski definition) is 2. The summed E-state index contributed by atoms with van der Waals surface area (Å²) in [5.41, 5.74) is 5.99. The molecule has 1 amide bonds. The van der Waals surface area contributed by atoms with Crippen LogP contribution >= 0.6 is 24.8 Å². The van der Waals surface area contributed by atoms with Gasteiger partial charge in [-0.05, 0) is 18.6 Å². The summed E-state index contributed by atoms with van der Waals surface area (Å²) in [7, 11) is 0. The Labute approximate surface area is 130 Å². The molecule has 20 heavy (non-hydrogen) atoms. The quantitative estimate of drug-likeness (QED) is 0.761. The molecule has 0 fully saturated rings. The van der Waals surface area contributed by atoms with Crippen LogP contribution in [0.4, 0.5) is 0 Å². The molecule has 0 aromatic carbocycles. The van der Waals surface area contributed by atoms with Crippen molar-refractivity contribution in [3.63, 3.8) is 0 Å². The van der Waals surface area contributed by atoms with Crippen LogP contribution in [-0.2, 0) is 14.3 Å². The van der Waals surface area contributed by atoms with Gasteiger partial charge in [0.25, 0.3) is 0 Å². The predicted molar refractivity (Wildman–Crippen MR) is 79.9 cm³/mol. The van der Waals surface area contributed by atoms with E-state index in [1.54, 1.807) is 31.5 Å². The lowest BCUT2D eigenvalue weighted by Crippen LogP contribution is -2.35. The lowest BCUT2D eigenvalue weighted by Gasteiger charge is -2.17. The molecule has 0 aliphatic rings. The normalized spacial score (nSPS) is 10.5. The van der Waals surface area contributed by atoms with Crippen LogP contribution in [0.1, 0.15) is 24.9 Å². The third-order valence-corrected chi connectivity index (χ3v) is 2.28. The van der Waals surface area contributed by atoms with Crippen LogP contribution in [-0.4, -0.2) is 30.0 Å². The van der Waals surface area contributed by atoms with E-state index in [0.29, 0.717) is 6.61 Å². The van der Waals surface area contributed by atoms with E-state index >= 15 is 0 Å². The zero-order chi connectivity index (χ0) is 13.4. The Kier molecular flexibility index (Phi) is 12.0. The zero-order valence-electron chi connectivity index (χ0n) is 11.1. The second-order valence-corrected chi connectivity index (χ2v) is 3.62. The van der Waals surface area contributed by atoms with E-state index in [2.05, 4.69) is 10.3 Å². The lowest BCUT2D eigenvalue weighted by molar-refractivity contribution is -0.143. The van der Waals surface area contributed by atoms with Crippen molar-refractivity contribution in [2.24, 2.45) is 5.73 Å². The summed E-state index contributed by atoms with van der Waals surface area (Å²) in [6, 6.07) is 3.06. The highest BCUT2D eigenvalue weighted by Crippen LogP contribution is 2.16. The molecular weight excluding hydrogens is 305 g/mol. The number of hydrogen-bond acceptors (Lipinski definition) is 5. The number of aromatic nitrogens is 1. The van der Waals surface area contributed by atoms with Crippen LogP contribution in [0.25, 0.3) is 0 Å². The van der Waals surface area contributed by atoms with E-state index in [0.717, 1.165) is 5.56 Å². The Hall–Kier alpha value is -1.37. The first kappa shape index (κ1) is 20.9. The van der Waals surface area contributed by atoms with Gasteiger partial charge in [0.2, 0.25) is 5.91 Å². The summed E-state index contributed by atoms with van der Waals surface area (Å²) >= 11 is 0. The van der Waals surface area contributed by atoms with Crippen LogP contribution in [0.15, 0.2) is 24.5 Å². The number of carbonyl (C=O) groups is 2. The highest BCUT2D eigenvalue weighted by Gasteiger charge is 2.18. The van der Waals surface area contributed by atoms with Gasteiger partial charge < -0.3 is 15.8 Å². The number of ether oxygens (including phenoxy) is 1. The summed E-state index contributed by atoms with van der Waals surface area (Å²) in [5.74, 6) is -0.697. The Morgan fingerprint density at radius 1 is 1.45 bits per heavy atom. The molecule has 1 rings (SSSR count). The van der Waals surface area contributed by atoms with Gasteiger partial charge in [0.05, 0.1) is 25.6 Å². The number of nitrogens with zero attached hydrogens (tertiary/aromatic N) is 1. The van der Waals surface area contributed by atoms with Crippen LogP contribution < -0.4 is 11.1 Å². The Bertz CT molecular complexity index is 404. The number of carbonyl (C=O) groups excluding carboxylic acids is 2. The molecule has 0 saturated heterocycles. The summed E-state index contributed by atoms with van der Waals surface area (Å²) in [5, 5.41) is 2.67. The molecule has 1 heterocycles. The molecule has 0 unspecified atom stereocenters. The number of amides is 1. The summed E-state index contributed by atoms with van der Waals surface area (Å²) in [6.45, 7) is 1.92. The third-order valence-electron chi connectivity index (χ3n) is 2.28. The average Bonchev–Trinajstić information content (AvgIpc) is 2.39. The second-order valence-electron chi connectivity index (χ2n) is 3.62. The van der Waals surface area contributed by atoms with Gasteiger partial charge in [-0.15, -0.1) is 24.8 Å². The maximum atomic E-state index is 11.5. The highest BCUT2D eigenvalue weighted by atomic mass is 35.5. The van der Waals surface area contributed by atoms with E-state index in [-0.39, 0.29) is 49.7 Å². The molecule has 1 aromatic heterocycles. The first-order chi connectivity index (χ1) is 8.67. The second kappa shape index (κ2) is 11.5. The van der Waals surface area contributed by atoms with Crippen LogP contribution in [0, 0.1) is 0 Å². The van der Waals surface area contributed by atoms with Crippen molar-refractivity contribution < 1.29 is 14.3 Å². The number of nitrogens with two attached hydrogens (primary N) is 1. The van der Waals surface area contributed by atoms with Crippen molar-refractivity contribution >= 4 is 36.7 Å². The van der Waals surface area contributed by atoms with E-state index < -0.39 is 6.04 Å². The smallest absolute Gasteiger partial charge is 0.308 e. The van der Waals surface area contributed by atoms with Crippen LogP contribution in [0.5, 0.6) is 0 Å². The molecule has 0 bridgehead atoms. The molecule has 8 heteroatoms. The molecule has 1 atom stereocenters. The molecule has 0 saturated carbocycles. The number of pyridine rings is 1. The van der Waals surface area contributed by atoms with E-state index in [1.165, 1.54) is 0 Å². The fourth-order valence-electron chi connectivity index (χ4n) is 1.47. The van der Waals surface area contributed by atoms with Crippen molar-refractivity contribution in [1.82, 2.24) is 10.3 Å². The van der Waals surface area contributed by atoms with Crippen molar-refractivity contribution in [3.8, 4) is 0 Å². The van der Waals surface area contributed by atoms with Gasteiger partial charge >= 0.3 is 5.97 Å². The lowest BCUT2D eigenvalue weighted by atomic mass is 10.1. The molecule has 0 aliphatic carbocycles.